The maximum atomic E-state index is 10.7. The molecule has 7 heteroatoms. The van der Waals surface area contributed by atoms with Gasteiger partial charge in [-0.1, -0.05) is 11.7 Å². The van der Waals surface area contributed by atoms with Crippen LogP contribution in [0.2, 0.25) is 0 Å². The Kier molecular flexibility index (Phi) is 5.87. The van der Waals surface area contributed by atoms with Gasteiger partial charge in [-0.3, -0.25) is 0 Å². The van der Waals surface area contributed by atoms with E-state index in [0.717, 1.165) is 17.7 Å². The first-order valence-corrected chi connectivity index (χ1v) is 7.06. The van der Waals surface area contributed by atoms with Gasteiger partial charge in [-0.15, -0.1) is 0 Å². The van der Waals surface area contributed by atoms with Gasteiger partial charge in [0, 0.05) is 31.3 Å². The van der Waals surface area contributed by atoms with Crippen molar-refractivity contribution in [2.24, 2.45) is 0 Å². The molecule has 0 unspecified atom stereocenters. The molecule has 0 bridgehead atoms. The molecule has 0 aliphatic carbocycles. The molecule has 0 amide bonds. The summed E-state index contributed by atoms with van der Waals surface area (Å²) in [6.07, 6.45) is 0.836. The lowest BCUT2D eigenvalue weighted by Crippen LogP contribution is -2.02. The molecule has 0 saturated carbocycles. The zero-order valence-corrected chi connectivity index (χ0v) is 12.8. The molecule has 1 aromatic heterocycles. The van der Waals surface area contributed by atoms with Crippen molar-refractivity contribution in [1.29, 1.82) is 0 Å². The van der Waals surface area contributed by atoms with E-state index >= 15 is 0 Å². The Morgan fingerprint density at radius 2 is 2.04 bits per heavy atom. The maximum Gasteiger partial charge on any atom is 0.331 e. The van der Waals surface area contributed by atoms with Crippen molar-refractivity contribution in [2.75, 3.05) is 20.3 Å². The molecule has 0 aliphatic rings. The summed E-state index contributed by atoms with van der Waals surface area (Å²) < 4.78 is 15.5. The fourth-order valence-corrected chi connectivity index (χ4v) is 1.80. The van der Waals surface area contributed by atoms with E-state index in [1.165, 1.54) is 0 Å². The van der Waals surface area contributed by atoms with Gasteiger partial charge in [0.2, 0.25) is 11.7 Å². The number of aliphatic carboxylic acids is 1. The van der Waals surface area contributed by atoms with Gasteiger partial charge in [0.15, 0.2) is 0 Å². The van der Waals surface area contributed by atoms with E-state index in [-0.39, 0.29) is 17.9 Å². The van der Waals surface area contributed by atoms with Crippen LogP contribution in [-0.4, -0.2) is 41.5 Å². The molecule has 1 heterocycles. The summed E-state index contributed by atoms with van der Waals surface area (Å²) in [5, 5.41) is 12.6. The van der Waals surface area contributed by atoms with Crippen molar-refractivity contribution in [3.63, 3.8) is 0 Å². The molecule has 2 aromatic rings. The van der Waals surface area contributed by atoms with Gasteiger partial charge in [0.25, 0.3) is 0 Å². The Balaban J connectivity index is 1.95. The average molecular weight is 318 g/mol. The Hall–Kier alpha value is -2.67. The summed E-state index contributed by atoms with van der Waals surface area (Å²) in [6, 6.07) is 7.25. The highest BCUT2D eigenvalue weighted by molar-refractivity contribution is 5.86. The second-order valence-corrected chi connectivity index (χ2v) is 4.82. The van der Waals surface area contributed by atoms with Crippen molar-refractivity contribution >= 4 is 5.97 Å². The van der Waals surface area contributed by atoms with Crippen molar-refractivity contribution in [2.45, 2.75) is 12.8 Å². The third-order valence-corrected chi connectivity index (χ3v) is 3.01. The van der Waals surface area contributed by atoms with Gasteiger partial charge in [0.05, 0.1) is 13.0 Å². The highest BCUT2D eigenvalue weighted by Crippen LogP contribution is 2.20. The molecule has 0 radical (unpaired) electrons. The van der Waals surface area contributed by atoms with Crippen molar-refractivity contribution < 1.29 is 23.9 Å². The number of carbonyl (C=O) groups is 1. The number of ether oxygens (including phenoxy) is 2. The highest BCUT2D eigenvalue weighted by Gasteiger charge is 2.13. The van der Waals surface area contributed by atoms with E-state index in [9.17, 15) is 4.79 Å². The van der Waals surface area contributed by atoms with Gasteiger partial charge in [-0.05, 0) is 24.3 Å². The Bertz CT molecular complexity index is 663. The smallest absolute Gasteiger partial charge is 0.331 e. The third kappa shape index (κ3) is 4.93. The van der Waals surface area contributed by atoms with E-state index in [0.29, 0.717) is 19.0 Å². The summed E-state index contributed by atoms with van der Waals surface area (Å²) in [7, 11) is 1.65. The first-order valence-electron chi connectivity index (χ1n) is 7.06. The summed E-state index contributed by atoms with van der Waals surface area (Å²) in [4.78, 5) is 14.9. The monoisotopic (exact) mass is 318 g/mol. The molecule has 0 fully saturated rings. The minimum absolute atomic E-state index is 0.00000627. The molecule has 2 rings (SSSR count). The Morgan fingerprint density at radius 1 is 1.30 bits per heavy atom. The number of carboxylic acid groups (broad SMARTS) is 1. The fraction of sp³-hybridized carbons (Fsp3) is 0.312. The summed E-state index contributed by atoms with van der Waals surface area (Å²) >= 11 is 0. The van der Waals surface area contributed by atoms with E-state index in [1.54, 1.807) is 7.11 Å². The summed E-state index contributed by atoms with van der Waals surface area (Å²) in [5.41, 5.74) is 0.755. The van der Waals surface area contributed by atoms with E-state index < -0.39 is 5.97 Å². The fourth-order valence-electron chi connectivity index (χ4n) is 1.80. The van der Waals surface area contributed by atoms with E-state index in [2.05, 4.69) is 16.7 Å². The van der Waals surface area contributed by atoms with Crippen molar-refractivity contribution in [3.8, 4) is 17.1 Å². The zero-order valence-electron chi connectivity index (χ0n) is 12.8. The molecule has 0 aliphatic heterocycles. The van der Waals surface area contributed by atoms with Crippen molar-refractivity contribution in [1.82, 2.24) is 10.1 Å². The highest BCUT2D eigenvalue weighted by atomic mass is 16.5. The lowest BCUT2D eigenvalue weighted by atomic mass is 10.2. The lowest BCUT2D eigenvalue weighted by molar-refractivity contribution is -0.132. The molecule has 0 atom stereocenters. The van der Waals surface area contributed by atoms with Crippen LogP contribution in [0.15, 0.2) is 40.9 Å². The van der Waals surface area contributed by atoms with E-state index in [4.69, 9.17) is 19.1 Å². The van der Waals surface area contributed by atoms with Gasteiger partial charge >= 0.3 is 5.97 Å². The minimum Gasteiger partial charge on any atom is -0.494 e. The Labute approximate surface area is 133 Å². The summed E-state index contributed by atoms with van der Waals surface area (Å²) in [6.45, 7) is 4.67. The van der Waals surface area contributed by atoms with Crippen LogP contribution in [-0.2, 0) is 16.0 Å². The van der Waals surface area contributed by atoms with Gasteiger partial charge in [0.1, 0.15) is 5.75 Å². The number of aromatic nitrogens is 2. The first kappa shape index (κ1) is 16.7. The van der Waals surface area contributed by atoms with Crippen LogP contribution in [0.4, 0.5) is 0 Å². The number of hydrogen-bond acceptors (Lipinski definition) is 6. The van der Waals surface area contributed by atoms with Crippen molar-refractivity contribution in [3.05, 3.63) is 42.3 Å². The minimum atomic E-state index is -1.08. The van der Waals surface area contributed by atoms with Crippen LogP contribution in [0.3, 0.4) is 0 Å². The second kappa shape index (κ2) is 8.09. The number of nitrogens with zero attached hydrogens (tertiary/aromatic N) is 2. The molecular weight excluding hydrogens is 300 g/mol. The second-order valence-electron chi connectivity index (χ2n) is 4.82. The topological polar surface area (TPSA) is 94.7 Å². The largest absolute Gasteiger partial charge is 0.494 e. The number of methoxy groups -OCH3 is 1. The molecule has 0 saturated heterocycles. The van der Waals surface area contributed by atoms with Crippen LogP contribution in [0.5, 0.6) is 5.75 Å². The number of hydrogen-bond donors (Lipinski definition) is 1. The molecule has 122 valence electrons. The molecule has 0 spiro atoms. The quantitative estimate of drug-likeness (QED) is 0.560. The predicted octanol–water partition coefficient (Wildman–Crippen LogP) is 2.34. The van der Waals surface area contributed by atoms with E-state index in [1.807, 2.05) is 24.3 Å². The SMILES string of the molecule is C=C(Cc1nc(-c2ccc(OCCCOC)cc2)no1)C(=O)O. The Morgan fingerprint density at radius 3 is 2.70 bits per heavy atom. The number of carboxylic acids is 1. The van der Waals surface area contributed by atoms with Gasteiger partial charge in [-0.25, -0.2) is 4.79 Å². The number of rotatable bonds is 9. The first-order chi connectivity index (χ1) is 11.1. The van der Waals surface area contributed by atoms with Crippen LogP contribution >= 0.6 is 0 Å². The molecule has 23 heavy (non-hydrogen) atoms. The molecule has 1 aromatic carbocycles. The predicted molar refractivity (Wildman–Crippen MR) is 82.2 cm³/mol. The average Bonchev–Trinajstić information content (AvgIpc) is 3.00. The van der Waals surface area contributed by atoms with Crippen LogP contribution in [0.1, 0.15) is 12.3 Å². The molecule has 1 N–H and O–H groups in total. The van der Waals surface area contributed by atoms with Crippen LogP contribution in [0, 0.1) is 0 Å². The van der Waals surface area contributed by atoms with Crippen LogP contribution < -0.4 is 4.74 Å². The maximum absolute atomic E-state index is 10.7. The third-order valence-electron chi connectivity index (χ3n) is 3.01. The molecule has 7 nitrogen and oxygen atoms in total. The zero-order chi connectivity index (χ0) is 16.7. The number of benzene rings is 1. The molecular formula is C16H18N2O5. The standard InChI is InChI=1S/C16H18N2O5/c1-11(16(19)20)10-14-17-15(18-23-14)12-4-6-13(7-5-12)22-9-3-8-21-2/h4-7H,1,3,8-10H2,2H3,(H,19,20). The van der Waals surface area contributed by atoms with Gasteiger partial charge in [-0.2, -0.15) is 4.98 Å². The van der Waals surface area contributed by atoms with Gasteiger partial charge < -0.3 is 19.1 Å². The lowest BCUT2D eigenvalue weighted by Gasteiger charge is -2.05. The van der Waals surface area contributed by atoms with Crippen LogP contribution in [0.25, 0.3) is 11.4 Å². The normalized spacial score (nSPS) is 10.5. The summed E-state index contributed by atoms with van der Waals surface area (Å²) in [5.74, 6) is 0.268.